The lowest BCUT2D eigenvalue weighted by Crippen LogP contribution is -2.02. The fourth-order valence-corrected chi connectivity index (χ4v) is 2.85. The predicted molar refractivity (Wildman–Crippen MR) is 71.4 cm³/mol. The van der Waals surface area contributed by atoms with Crippen molar-refractivity contribution >= 4 is 0 Å². The van der Waals surface area contributed by atoms with Crippen LogP contribution in [0.2, 0.25) is 0 Å². The maximum atomic E-state index is 13.8. The molecule has 4 heteroatoms. The quantitative estimate of drug-likeness (QED) is 0.776. The van der Waals surface area contributed by atoms with Crippen molar-refractivity contribution in [3.05, 3.63) is 40.9 Å². The summed E-state index contributed by atoms with van der Waals surface area (Å²) in [4.78, 5) is 12.4. The summed E-state index contributed by atoms with van der Waals surface area (Å²) in [6, 6.07) is 0. The standard InChI is InChI=1S/C15H16FN3/c1-3-10-14(18-8-19-15(10)16)12-7-17-13-6-4-5-11(13)9(12)2/h7-8H,3-6H2,1-2H3. The van der Waals surface area contributed by atoms with E-state index in [9.17, 15) is 4.39 Å². The third-order valence-corrected chi connectivity index (χ3v) is 3.90. The summed E-state index contributed by atoms with van der Waals surface area (Å²) in [5.74, 6) is -0.424. The second-order valence-electron chi connectivity index (χ2n) is 4.92. The maximum absolute atomic E-state index is 13.8. The van der Waals surface area contributed by atoms with Crippen molar-refractivity contribution in [1.82, 2.24) is 15.0 Å². The predicted octanol–water partition coefficient (Wildman–Crippen LogP) is 3.04. The molecule has 0 saturated heterocycles. The van der Waals surface area contributed by atoms with Crippen LogP contribution in [0.4, 0.5) is 4.39 Å². The molecule has 0 aromatic carbocycles. The molecule has 0 radical (unpaired) electrons. The Bertz CT molecular complexity index is 638. The molecule has 2 heterocycles. The van der Waals surface area contributed by atoms with Gasteiger partial charge in [0.1, 0.15) is 6.33 Å². The van der Waals surface area contributed by atoms with Crippen molar-refractivity contribution in [2.24, 2.45) is 0 Å². The minimum absolute atomic E-state index is 0.424. The molecule has 2 aromatic rings. The molecule has 0 atom stereocenters. The lowest BCUT2D eigenvalue weighted by atomic mass is 9.98. The van der Waals surface area contributed by atoms with Crippen LogP contribution in [0.3, 0.4) is 0 Å². The summed E-state index contributed by atoms with van der Waals surface area (Å²) < 4.78 is 13.8. The van der Waals surface area contributed by atoms with E-state index < -0.39 is 5.95 Å². The second-order valence-corrected chi connectivity index (χ2v) is 4.92. The molecule has 0 spiro atoms. The van der Waals surface area contributed by atoms with Gasteiger partial charge in [-0.3, -0.25) is 4.98 Å². The topological polar surface area (TPSA) is 38.7 Å². The van der Waals surface area contributed by atoms with Crippen LogP contribution in [0.15, 0.2) is 12.5 Å². The number of halogens is 1. The minimum Gasteiger partial charge on any atom is -0.260 e. The van der Waals surface area contributed by atoms with E-state index in [4.69, 9.17) is 0 Å². The first-order valence-corrected chi connectivity index (χ1v) is 6.69. The molecule has 3 rings (SSSR count). The van der Waals surface area contributed by atoms with Gasteiger partial charge in [0.05, 0.1) is 5.69 Å². The lowest BCUT2D eigenvalue weighted by molar-refractivity contribution is 0.564. The van der Waals surface area contributed by atoms with Gasteiger partial charge in [0.2, 0.25) is 5.95 Å². The van der Waals surface area contributed by atoms with Crippen LogP contribution in [0.25, 0.3) is 11.3 Å². The largest absolute Gasteiger partial charge is 0.260 e. The number of hydrogen-bond donors (Lipinski definition) is 0. The molecule has 0 aliphatic heterocycles. The van der Waals surface area contributed by atoms with E-state index in [1.165, 1.54) is 23.1 Å². The Hall–Kier alpha value is -1.84. The van der Waals surface area contributed by atoms with Crippen LogP contribution in [0.1, 0.15) is 35.7 Å². The monoisotopic (exact) mass is 257 g/mol. The molecule has 98 valence electrons. The molecular weight excluding hydrogens is 241 g/mol. The van der Waals surface area contributed by atoms with Crippen molar-refractivity contribution in [2.75, 3.05) is 0 Å². The fraction of sp³-hybridized carbons (Fsp3) is 0.400. The molecule has 0 bridgehead atoms. The van der Waals surface area contributed by atoms with Crippen molar-refractivity contribution in [3.8, 4) is 11.3 Å². The smallest absolute Gasteiger partial charge is 0.219 e. The van der Waals surface area contributed by atoms with Gasteiger partial charge in [-0.1, -0.05) is 6.92 Å². The zero-order valence-electron chi connectivity index (χ0n) is 11.2. The van der Waals surface area contributed by atoms with Gasteiger partial charge in [-0.25, -0.2) is 9.97 Å². The Morgan fingerprint density at radius 1 is 1.21 bits per heavy atom. The Balaban J connectivity index is 2.21. The third-order valence-electron chi connectivity index (χ3n) is 3.90. The maximum Gasteiger partial charge on any atom is 0.219 e. The van der Waals surface area contributed by atoms with Gasteiger partial charge in [-0.15, -0.1) is 0 Å². The molecule has 19 heavy (non-hydrogen) atoms. The SMILES string of the molecule is CCc1c(F)ncnc1-c1cnc2c(c1C)CCC2. The number of aryl methyl sites for hydroxylation is 1. The normalized spacial score (nSPS) is 13.6. The Kier molecular flexibility index (Phi) is 3.01. The number of aromatic nitrogens is 3. The highest BCUT2D eigenvalue weighted by atomic mass is 19.1. The van der Waals surface area contributed by atoms with Crippen LogP contribution in [0.5, 0.6) is 0 Å². The van der Waals surface area contributed by atoms with Crippen LogP contribution in [-0.4, -0.2) is 15.0 Å². The van der Waals surface area contributed by atoms with E-state index in [0.29, 0.717) is 17.7 Å². The molecular formula is C15H16FN3. The van der Waals surface area contributed by atoms with Crippen LogP contribution >= 0.6 is 0 Å². The molecule has 0 unspecified atom stereocenters. The van der Waals surface area contributed by atoms with Gasteiger partial charge in [-0.05, 0) is 43.7 Å². The van der Waals surface area contributed by atoms with Crippen molar-refractivity contribution in [2.45, 2.75) is 39.5 Å². The highest BCUT2D eigenvalue weighted by Crippen LogP contribution is 2.32. The number of pyridine rings is 1. The first kappa shape index (κ1) is 12.2. The summed E-state index contributed by atoms with van der Waals surface area (Å²) >= 11 is 0. The van der Waals surface area contributed by atoms with Crippen LogP contribution < -0.4 is 0 Å². The molecule has 0 saturated carbocycles. The Morgan fingerprint density at radius 3 is 2.84 bits per heavy atom. The van der Waals surface area contributed by atoms with Crippen molar-refractivity contribution in [3.63, 3.8) is 0 Å². The first-order valence-electron chi connectivity index (χ1n) is 6.69. The molecule has 1 aliphatic rings. The van der Waals surface area contributed by atoms with Gasteiger partial charge < -0.3 is 0 Å². The minimum atomic E-state index is -0.424. The number of fused-ring (bicyclic) bond motifs is 1. The average molecular weight is 257 g/mol. The van der Waals surface area contributed by atoms with Gasteiger partial charge in [0.15, 0.2) is 0 Å². The van der Waals surface area contributed by atoms with Gasteiger partial charge in [0.25, 0.3) is 0 Å². The summed E-state index contributed by atoms with van der Waals surface area (Å²) in [5, 5.41) is 0. The lowest BCUT2D eigenvalue weighted by Gasteiger charge is -2.12. The van der Waals surface area contributed by atoms with Gasteiger partial charge in [0, 0.05) is 23.0 Å². The summed E-state index contributed by atoms with van der Waals surface area (Å²) in [5.41, 5.74) is 5.90. The van der Waals surface area contributed by atoms with E-state index in [1.807, 2.05) is 13.1 Å². The number of nitrogens with zero attached hydrogens (tertiary/aromatic N) is 3. The Morgan fingerprint density at radius 2 is 2.05 bits per heavy atom. The van der Waals surface area contributed by atoms with E-state index in [-0.39, 0.29) is 0 Å². The second kappa shape index (κ2) is 4.68. The van der Waals surface area contributed by atoms with Crippen molar-refractivity contribution < 1.29 is 4.39 Å². The third kappa shape index (κ3) is 1.91. The summed E-state index contributed by atoms with van der Waals surface area (Å²) in [7, 11) is 0. The molecule has 3 nitrogen and oxygen atoms in total. The molecule has 2 aromatic heterocycles. The highest BCUT2D eigenvalue weighted by molar-refractivity contribution is 5.67. The highest BCUT2D eigenvalue weighted by Gasteiger charge is 2.20. The van der Waals surface area contributed by atoms with E-state index in [0.717, 1.165) is 24.8 Å². The van der Waals surface area contributed by atoms with Crippen molar-refractivity contribution in [1.29, 1.82) is 0 Å². The van der Waals surface area contributed by atoms with E-state index in [1.54, 1.807) is 0 Å². The zero-order chi connectivity index (χ0) is 13.4. The number of rotatable bonds is 2. The van der Waals surface area contributed by atoms with Crippen LogP contribution in [0, 0.1) is 12.9 Å². The molecule has 0 amide bonds. The molecule has 1 aliphatic carbocycles. The molecule has 0 fully saturated rings. The first-order chi connectivity index (χ1) is 9.22. The van der Waals surface area contributed by atoms with Crippen LogP contribution in [-0.2, 0) is 19.3 Å². The fourth-order valence-electron chi connectivity index (χ4n) is 2.85. The molecule has 0 N–H and O–H groups in total. The summed E-state index contributed by atoms with van der Waals surface area (Å²) in [6.07, 6.45) is 6.98. The van der Waals surface area contributed by atoms with E-state index in [2.05, 4.69) is 21.9 Å². The number of hydrogen-bond acceptors (Lipinski definition) is 3. The van der Waals surface area contributed by atoms with Gasteiger partial charge in [-0.2, -0.15) is 4.39 Å². The van der Waals surface area contributed by atoms with Gasteiger partial charge >= 0.3 is 0 Å². The zero-order valence-corrected chi connectivity index (χ0v) is 11.2. The average Bonchev–Trinajstić information content (AvgIpc) is 2.88. The Labute approximate surface area is 111 Å². The summed E-state index contributed by atoms with van der Waals surface area (Å²) in [6.45, 7) is 4.00. The van der Waals surface area contributed by atoms with E-state index >= 15 is 0 Å².